The molecule has 0 saturated carbocycles. The molecule has 1 aromatic carbocycles. The molecule has 17 heavy (non-hydrogen) atoms. The molecule has 2 aromatic rings. The minimum absolute atomic E-state index is 0.199. The molecule has 0 aliphatic rings. The van der Waals surface area contributed by atoms with E-state index in [9.17, 15) is 5.11 Å². The van der Waals surface area contributed by atoms with Crippen LogP contribution in [0.4, 0.5) is 0 Å². The number of phenolic OH excluding ortho intramolecular Hbond substituents is 1. The van der Waals surface area contributed by atoms with Gasteiger partial charge in [-0.15, -0.1) is 0 Å². The zero-order valence-corrected chi connectivity index (χ0v) is 10.0. The van der Waals surface area contributed by atoms with Gasteiger partial charge in [0.25, 0.3) is 0 Å². The van der Waals surface area contributed by atoms with Crippen molar-refractivity contribution in [1.29, 1.82) is 5.26 Å². The molecule has 3 nitrogen and oxygen atoms in total. The lowest BCUT2D eigenvalue weighted by Gasteiger charge is -2.06. The van der Waals surface area contributed by atoms with Gasteiger partial charge in [0.15, 0.2) is 0 Å². The quantitative estimate of drug-likeness (QED) is 0.879. The molecule has 0 saturated heterocycles. The molecule has 0 spiro atoms. The lowest BCUT2D eigenvalue weighted by molar-refractivity contribution is 0.462. The Morgan fingerprint density at radius 1 is 1.29 bits per heavy atom. The molecule has 0 aliphatic carbocycles. The summed E-state index contributed by atoms with van der Waals surface area (Å²) >= 11 is 1.30. The van der Waals surface area contributed by atoms with Crippen LogP contribution in [0.1, 0.15) is 11.1 Å². The fourth-order valence-electron chi connectivity index (χ4n) is 1.39. The summed E-state index contributed by atoms with van der Waals surface area (Å²) < 4.78 is 0. The lowest BCUT2D eigenvalue weighted by atomic mass is 10.2. The Balaban J connectivity index is 2.41. The van der Waals surface area contributed by atoms with Gasteiger partial charge in [0.2, 0.25) is 0 Å². The monoisotopic (exact) mass is 242 g/mol. The number of phenols is 1. The molecule has 2 rings (SSSR count). The molecule has 0 atom stereocenters. The van der Waals surface area contributed by atoms with Gasteiger partial charge < -0.3 is 5.11 Å². The van der Waals surface area contributed by atoms with Crippen molar-refractivity contribution in [2.24, 2.45) is 0 Å². The van der Waals surface area contributed by atoms with Crippen LogP contribution in [0.3, 0.4) is 0 Å². The topological polar surface area (TPSA) is 56.9 Å². The molecule has 1 aromatic heterocycles. The van der Waals surface area contributed by atoms with Gasteiger partial charge in [-0.2, -0.15) is 5.26 Å². The van der Waals surface area contributed by atoms with Crippen LogP contribution in [0.25, 0.3) is 0 Å². The van der Waals surface area contributed by atoms with Gasteiger partial charge in [-0.1, -0.05) is 23.9 Å². The van der Waals surface area contributed by atoms with Crippen LogP contribution in [0, 0.1) is 18.3 Å². The van der Waals surface area contributed by atoms with Gasteiger partial charge in [-0.05, 0) is 30.7 Å². The highest BCUT2D eigenvalue weighted by Crippen LogP contribution is 2.34. The fourth-order valence-corrected chi connectivity index (χ4v) is 2.34. The standard InChI is InChI=1S/C13H10N2OS/c1-9-6-7-15-13(10(9)8-14)17-12-5-3-2-4-11(12)16/h2-7,16H,1H3. The van der Waals surface area contributed by atoms with Crippen molar-refractivity contribution in [3.05, 3.63) is 47.7 Å². The average molecular weight is 242 g/mol. The van der Waals surface area contributed by atoms with Crippen molar-refractivity contribution < 1.29 is 5.11 Å². The van der Waals surface area contributed by atoms with Crippen molar-refractivity contribution in [1.82, 2.24) is 4.98 Å². The predicted molar refractivity (Wildman–Crippen MR) is 65.9 cm³/mol. The summed E-state index contributed by atoms with van der Waals surface area (Å²) in [6, 6.07) is 10.9. The number of aryl methyl sites for hydroxylation is 1. The summed E-state index contributed by atoms with van der Waals surface area (Å²) in [4.78, 5) is 4.87. The van der Waals surface area contributed by atoms with E-state index in [-0.39, 0.29) is 5.75 Å². The summed E-state index contributed by atoms with van der Waals surface area (Å²) in [5, 5.41) is 19.4. The Kier molecular flexibility index (Phi) is 3.31. The number of pyridine rings is 1. The Bertz CT molecular complexity index is 590. The summed E-state index contributed by atoms with van der Waals surface area (Å²) in [6.07, 6.45) is 1.67. The Morgan fingerprint density at radius 2 is 2.06 bits per heavy atom. The van der Waals surface area contributed by atoms with Crippen LogP contribution in [-0.4, -0.2) is 10.1 Å². The van der Waals surface area contributed by atoms with Crippen LogP contribution in [0.15, 0.2) is 46.5 Å². The number of rotatable bonds is 2. The molecular formula is C13H10N2OS. The Morgan fingerprint density at radius 3 is 2.76 bits per heavy atom. The van der Waals surface area contributed by atoms with Gasteiger partial charge in [0.1, 0.15) is 16.8 Å². The zero-order valence-electron chi connectivity index (χ0n) is 9.21. The maximum Gasteiger partial charge on any atom is 0.129 e. The molecule has 84 valence electrons. The van der Waals surface area contributed by atoms with Crippen molar-refractivity contribution in [2.45, 2.75) is 16.8 Å². The summed E-state index contributed by atoms with van der Waals surface area (Å²) in [6.45, 7) is 1.87. The first-order valence-electron chi connectivity index (χ1n) is 5.04. The van der Waals surface area contributed by atoms with Crippen LogP contribution in [0.5, 0.6) is 5.75 Å². The number of hydrogen-bond acceptors (Lipinski definition) is 4. The molecule has 0 bridgehead atoms. The first-order valence-corrected chi connectivity index (χ1v) is 5.85. The second-order valence-electron chi connectivity index (χ2n) is 3.49. The Labute approximate surface area is 104 Å². The molecule has 0 fully saturated rings. The van der Waals surface area contributed by atoms with Crippen molar-refractivity contribution >= 4 is 11.8 Å². The van der Waals surface area contributed by atoms with Crippen LogP contribution < -0.4 is 0 Å². The van der Waals surface area contributed by atoms with E-state index in [4.69, 9.17) is 5.26 Å². The van der Waals surface area contributed by atoms with E-state index in [1.807, 2.05) is 13.0 Å². The van der Waals surface area contributed by atoms with Crippen LogP contribution >= 0.6 is 11.8 Å². The molecule has 4 heteroatoms. The van der Waals surface area contributed by atoms with Gasteiger partial charge in [0, 0.05) is 6.20 Å². The van der Waals surface area contributed by atoms with Gasteiger partial charge in [0.05, 0.1) is 10.5 Å². The van der Waals surface area contributed by atoms with E-state index < -0.39 is 0 Å². The highest BCUT2D eigenvalue weighted by molar-refractivity contribution is 7.99. The van der Waals surface area contributed by atoms with Crippen LogP contribution in [-0.2, 0) is 0 Å². The molecule has 1 N–H and O–H groups in total. The third-order valence-corrected chi connectivity index (χ3v) is 3.38. The number of aromatic nitrogens is 1. The highest BCUT2D eigenvalue weighted by atomic mass is 32.2. The van der Waals surface area contributed by atoms with Crippen molar-refractivity contribution in [3.8, 4) is 11.8 Å². The summed E-state index contributed by atoms with van der Waals surface area (Å²) in [5.74, 6) is 0.199. The summed E-state index contributed by atoms with van der Waals surface area (Å²) in [5.41, 5.74) is 1.45. The van der Waals surface area contributed by atoms with Crippen molar-refractivity contribution in [2.75, 3.05) is 0 Å². The SMILES string of the molecule is Cc1ccnc(Sc2ccccc2O)c1C#N. The van der Waals surface area contributed by atoms with E-state index in [1.54, 1.807) is 30.5 Å². The number of aromatic hydroxyl groups is 1. The largest absolute Gasteiger partial charge is 0.507 e. The minimum atomic E-state index is 0.199. The molecular weight excluding hydrogens is 232 g/mol. The van der Waals surface area contributed by atoms with E-state index in [0.717, 1.165) is 5.56 Å². The van der Waals surface area contributed by atoms with E-state index in [2.05, 4.69) is 11.1 Å². The van der Waals surface area contributed by atoms with E-state index in [0.29, 0.717) is 15.5 Å². The minimum Gasteiger partial charge on any atom is -0.507 e. The molecule has 0 amide bonds. The molecule has 0 aliphatic heterocycles. The third kappa shape index (κ3) is 2.40. The van der Waals surface area contributed by atoms with Gasteiger partial charge in [-0.3, -0.25) is 0 Å². The first kappa shape index (κ1) is 11.5. The van der Waals surface area contributed by atoms with E-state index >= 15 is 0 Å². The number of nitrogens with zero attached hydrogens (tertiary/aromatic N) is 2. The average Bonchev–Trinajstić information content (AvgIpc) is 2.32. The molecule has 0 radical (unpaired) electrons. The second kappa shape index (κ2) is 4.89. The number of para-hydroxylation sites is 1. The van der Waals surface area contributed by atoms with Gasteiger partial charge >= 0.3 is 0 Å². The number of benzene rings is 1. The Hall–Kier alpha value is -1.99. The second-order valence-corrected chi connectivity index (χ2v) is 4.52. The number of hydrogen-bond donors (Lipinski definition) is 1. The third-order valence-electron chi connectivity index (χ3n) is 2.31. The van der Waals surface area contributed by atoms with Gasteiger partial charge in [-0.25, -0.2) is 4.98 Å². The smallest absolute Gasteiger partial charge is 0.129 e. The number of nitriles is 1. The normalized spacial score (nSPS) is 9.88. The molecule has 0 unspecified atom stereocenters. The summed E-state index contributed by atoms with van der Waals surface area (Å²) in [7, 11) is 0. The fraction of sp³-hybridized carbons (Fsp3) is 0.0769. The lowest BCUT2D eigenvalue weighted by Crippen LogP contribution is -1.90. The highest BCUT2D eigenvalue weighted by Gasteiger charge is 2.10. The molecule has 1 heterocycles. The maximum absolute atomic E-state index is 9.67. The maximum atomic E-state index is 9.67. The first-order chi connectivity index (χ1) is 8.22. The van der Waals surface area contributed by atoms with Crippen LogP contribution in [0.2, 0.25) is 0 Å². The predicted octanol–water partition coefficient (Wildman–Crippen LogP) is 3.12. The zero-order chi connectivity index (χ0) is 12.3. The van der Waals surface area contributed by atoms with E-state index in [1.165, 1.54) is 11.8 Å². The van der Waals surface area contributed by atoms with Crippen molar-refractivity contribution in [3.63, 3.8) is 0 Å².